The molecule has 0 saturated heterocycles. The topological polar surface area (TPSA) is 64.0 Å². The minimum Gasteiger partial charge on any atom is -0.320 e. The molecule has 9 heteroatoms. The van der Waals surface area contributed by atoms with Crippen LogP contribution in [-0.4, -0.2) is 15.7 Å². The first kappa shape index (κ1) is 20.2. The Morgan fingerprint density at radius 2 is 1.76 bits per heavy atom. The molecule has 0 fully saturated rings. The fourth-order valence-electron chi connectivity index (χ4n) is 2.76. The van der Waals surface area contributed by atoms with E-state index in [4.69, 9.17) is 0 Å². The van der Waals surface area contributed by atoms with Crippen LogP contribution >= 0.6 is 0 Å². The molecule has 0 spiro atoms. The monoisotopic (exact) mass is 405 g/mol. The number of nitrogens with one attached hydrogen (secondary N) is 1. The van der Waals surface area contributed by atoms with Crippen LogP contribution in [0.4, 0.5) is 23.2 Å². The average Bonchev–Trinajstić information content (AvgIpc) is 2.64. The zero-order valence-electron chi connectivity index (χ0n) is 15.3. The first-order chi connectivity index (χ1) is 13.6. The summed E-state index contributed by atoms with van der Waals surface area (Å²) in [5.74, 6) is -1.55. The number of rotatable bonds is 3. The van der Waals surface area contributed by atoms with Crippen LogP contribution in [0, 0.1) is 19.7 Å². The van der Waals surface area contributed by atoms with E-state index in [1.54, 1.807) is 6.92 Å². The third-order valence-electron chi connectivity index (χ3n) is 4.21. The summed E-state index contributed by atoms with van der Waals surface area (Å²) in [6.45, 7) is 3.02. The Morgan fingerprint density at radius 3 is 2.45 bits per heavy atom. The first-order valence-corrected chi connectivity index (χ1v) is 8.43. The molecule has 0 aliphatic carbocycles. The molecule has 0 radical (unpaired) electrons. The second-order valence-corrected chi connectivity index (χ2v) is 6.34. The molecule has 0 aliphatic rings. The smallest absolute Gasteiger partial charge is 0.320 e. The van der Waals surface area contributed by atoms with Crippen LogP contribution in [0.2, 0.25) is 0 Å². The van der Waals surface area contributed by atoms with Gasteiger partial charge in [0.15, 0.2) is 5.69 Å². The number of benzene rings is 2. The van der Waals surface area contributed by atoms with E-state index in [1.807, 2.05) is 0 Å². The van der Waals surface area contributed by atoms with Gasteiger partial charge in [0.25, 0.3) is 5.91 Å². The van der Waals surface area contributed by atoms with Crippen LogP contribution in [-0.2, 0) is 6.18 Å². The largest absolute Gasteiger partial charge is 0.418 e. The number of hydrogen-bond acceptors (Lipinski definition) is 3. The molecular formula is C20H15F4N3O2. The molecule has 3 aromatic rings. The third kappa shape index (κ3) is 4.18. The van der Waals surface area contributed by atoms with Gasteiger partial charge in [-0.05, 0) is 43.7 Å². The van der Waals surface area contributed by atoms with E-state index >= 15 is 0 Å². The SMILES string of the molecule is Cc1ccc(F)cc1NC(=O)c1nn(-c2ccccc2C(F)(F)F)c(C)cc1=O. The van der Waals surface area contributed by atoms with E-state index in [1.165, 1.54) is 37.3 Å². The zero-order chi connectivity index (χ0) is 21.3. The molecule has 2 aromatic carbocycles. The Hall–Kier alpha value is -3.49. The highest BCUT2D eigenvalue weighted by Crippen LogP contribution is 2.33. The van der Waals surface area contributed by atoms with E-state index in [-0.39, 0.29) is 17.1 Å². The Morgan fingerprint density at radius 1 is 1.07 bits per heavy atom. The summed E-state index contributed by atoms with van der Waals surface area (Å²) >= 11 is 0. The number of aromatic nitrogens is 2. The lowest BCUT2D eigenvalue weighted by molar-refractivity contribution is -0.137. The summed E-state index contributed by atoms with van der Waals surface area (Å²) in [4.78, 5) is 24.8. The fraction of sp³-hybridized carbons (Fsp3) is 0.150. The standard InChI is InChI=1S/C20H15F4N3O2/c1-11-7-8-13(21)10-15(11)25-19(29)18-17(28)9-12(2)27(26-18)16-6-4-3-5-14(16)20(22,23)24/h3-10H,1-2H3,(H,25,29). The minimum absolute atomic E-state index is 0.116. The lowest BCUT2D eigenvalue weighted by Crippen LogP contribution is -2.27. The van der Waals surface area contributed by atoms with Crippen molar-refractivity contribution in [1.29, 1.82) is 0 Å². The minimum atomic E-state index is -4.66. The molecule has 1 heterocycles. The summed E-state index contributed by atoms with van der Waals surface area (Å²) in [5, 5.41) is 6.24. The van der Waals surface area contributed by atoms with Crippen molar-refractivity contribution < 1.29 is 22.4 Å². The predicted octanol–water partition coefficient (Wildman–Crippen LogP) is 4.26. The number of para-hydroxylation sites is 1. The van der Waals surface area contributed by atoms with E-state index < -0.39 is 34.6 Å². The molecule has 1 amide bonds. The maximum atomic E-state index is 13.4. The summed E-state index contributed by atoms with van der Waals surface area (Å²) < 4.78 is 54.4. The lowest BCUT2D eigenvalue weighted by atomic mass is 10.1. The van der Waals surface area contributed by atoms with Gasteiger partial charge in [0, 0.05) is 17.4 Å². The summed E-state index contributed by atoms with van der Waals surface area (Å²) in [6.07, 6.45) is -4.66. The van der Waals surface area contributed by atoms with Crippen molar-refractivity contribution in [3.05, 3.63) is 87.1 Å². The van der Waals surface area contributed by atoms with Gasteiger partial charge >= 0.3 is 6.18 Å². The van der Waals surface area contributed by atoms with Gasteiger partial charge in [-0.1, -0.05) is 18.2 Å². The molecule has 3 rings (SSSR count). The molecule has 0 aliphatic heterocycles. The van der Waals surface area contributed by atoms with Crippen LogP contribution in [0.25, 0.3) is 5.69 Å². The van der Waals surface area contributed by atoms with E-state index in [0.717, 1.165) is 22.9 Å². The summed E-state index contributed by atoms with van der Waals surface area (Å²) in [7, 11) is 0. The normalized spacial score (nSPS) is 11.4. The van der Waals surface area contributed by atoms with Crippen molar-refractivity contribution in [3.63, 3.8) is 0 Å². The molecule has 150 valence electrons. The Balaban J connectivity index is 2.09. The van der Waals surface area contributed by atoms with Crippen molar-refractivity contribution in [1.82, 2.24) is 9.78 Å². The van der Waals surface area contributed by atoms with Crippen LogP contribution < -0.4 is 10.7 Å². The quantitative estimate of drug-likeness (QED) is 0.663. The maximum Gasteiger partial charge on any atom is 0.418 e. The van der Waals surface area contributed by atoms with Gasteiger partial charge in [0.2, 0.25) is 5.43 Å². The summed E-state index contributed by atoms with van der Waals surface area (Å²) in [5.41, 5.74) is -1.90. The highest BCUT2D eigenvalue weighted by atomic mass is 19.4. The number of hydrogen-bond donors (Lipinski definition) is 1. The number of carbonyl (C=O) groups excluding carboxylic acids is 1. The fourth-order valence-corrected chi connectivity index (χ4v) is 2.76. The number of anilines is 1. The molecule has 0 bridgehead atoms. The van der Waals surface area contributed by atoms with Gasteiger partial charge in [-0.25, -0.2) is 9.07 Å². The number of nitrogens with zero attached hydrogens (tertiary/aromatic N) is 2. The molecule has 5 nitrogen and oxygen atoms in total. The Bertz CT molecular complexity index is 1150. The van der Waals surface area contributed by atoms with Gasteiger partial charge in [0.1, 0.15) is 5.82 Å². The molecule has 1 aromatic heterocycles. The number of alkyl halides is 3. The van der Waals surface area contributed by atoms with Crippen molar-refractivity contribution in [2.75, 3.05) is 5.32 Å². The second kappa shape index (κ2) is 7.50. The maximum absolute atomic E-state index is 13.4. The predicted molar refractivity (Wildman–Crippen MR) is 98.7 cm³/mol. The second-order valence-electron chi connectivity index (χ2n) is 6.34. The molecule has 0 saturated carbocycles. The Kier molecular flexibility index (Phi) is 5.23. The average molecular weight is 405 g/mol. The lowest BCUT2D eigenvalue weighted by Gasteiger charge is -2.16. The number of halogens is 4. The van der Waals surface area contributed by atoms with E-state index in [9.17, 15) is 27.2 Å². The van der Waals surface area contributed by atoms with Gasteiger partial charge in [-0.3, -0.25) is 9.59 Å². The Labute approximate surface area is 162 Å². The van der Waals surface area contributed by atoms with Crippen molar-refractivity contribution >= 4 is 11.6 Å². The van der Waals surface area contributed by atoms with Gasteiger partial charge in [-0.2, -0.15) is 18.3 Å². The van der Waals surface area contributed by atoms with Gasteiger partial charge < -0.3 is 5.32 Å². The molecular weight excluding hydrogens is 390 g/mol. The van der Waals surface area contributed by atoms with Gasteiger partial charge in [-0.15, -0.1) is 0 Å². The van der Waals surface area contributed by atoms with Crippen LogP contribution in [0.1, 0.15) is 27.3 Å². The zero-order valence-corrected chi connectivity index (χ0v) is 15.3. The van der Waals surface area contributed by atoms with Crippen molar-refractivity contribution in [2.24, 2.45) is 0 Å². The van der Waals surface area contributed by atoms with Crippen LogP contribution in [0.5, 0.6) is 0 Å². The van der Waals surface area contributed by atoms with Gasteiger partial charge in [0.05, 0.1) is 11.3 Å². The molecule has 0 atom stereocenters. The number of aryl methyl sites for hydroxylation is 2. The van der Waals surface area contributed by atoms with Crippen LogP contribution in [0.15, 0.2) is 53.3 Å². The third-order valence-corrected chi connectivity index (χ3v) is 4.21. The first-order valence-electron chi connectivity index (χ1n) is 8.43. The molecule has 29 heavy (non-hydrogen) atoms. The number of carbonyl (C=O) groups is 1. The van der Waals surface area contributed by atoms with Crippen LogP contribution in [0.3, 0.4) is 0 Å². The highest BCUT2D eigenvalue weighted by Gasteiger charge is 2.34. The van der Waals surface area contributed by atoms with E-state index in [2.05, 4.69) is 10.4 Å². The van der Waals surface area contributed by atoms with Crippen molar-refractivity contribution in [2.45, 2.75) is 20.0 Å². The summed E-state index contributed by atoms with van der Waals surface area (Å²) in [6, 6.07) is 9.41. The number of amides is 1. The molecule has 1 N–H and O–H groups in total. The highest BCUT2D eigenvalue weighted by molar-refractivity contribution is 6.03. The van der Waals surface area contributed by atoms with Crippen molar-refractivity contribution in [3.8, 4) is 5.69 Å². The van der Waals surface area contributed by atoms with E-state index in [0.29, 0.717) is 5.56 Å². The molecule has 0 unspecified atom stereocenters.